The highest BCUT2D eigenvalue weighted by atomic mass is 16.5. The summed E-state index contributed by atoms with van der Waals surface area (Å²) in [6.45, 7) is 4.15. The van der Waals surface area contributed by atoms with Crippen molar-refractivity contribution >= 4 is 0 Å². The molecule has 0 amide bonds. The van der Waals surface area contributed by atoms with E-state index in [1.54, 1.807) is 7.11 Å². The fourth-order valence-electron chi connectivity index (χ4n) is 1.38. The molecule has 1 aromatic rings. The third kappa shape index (κ3) is 6.56. The molecule has 0 saturated carbocycles. The van der Waals surface area contributed by atoms with Gasteiger partial charge in [-0.3, -0.25) is 0 Å². The monoisotopic (exact) mass is 223 g/mol. The Labute approximate surface area is 97.8 Å². The molecule has 0 aliphatic rings. The molecule has 3 heteroatoms. The Bertz CT molecular complexity index is 251. The SMILES string of the molecule is COCCCNCCOCc1ccccc1. The Kier molecular flexibility index (Phi) is 7.68. The number of benzene rings is 1. The summed E-state index contributed by atoms with van der Waals surface area (Å²) in [7, 11) is 1.73. The average Bonchev–Trinajstić information content (AvgIpc) is 2.34. The van der Waals surface area contributed by atoms with Crippen LogP contribution in [0.25, 0.3) is 0 Å². The van der Waals surface area contributed by atoms with E-state index in [1.165, 1.54) is 5.56 Å². The van der Waals surface area contributed by atoms with Crippen LogP contribution < -0.4 is 5.32 Å². The lowest BCUT2D eigenvalue weighted by Gasteiger charge is -2.06. The Hall–Kier alpha value is -0.900. The van der Waals surface area contributed by atoms with E-state index < -0.39 is 0 Å². The molecule has 16 heavy (non-hydrogen) atoms. The predicted molar refractivity (Wildman–Crippen MR) is 65.5 cm³/mol. The second-order valence-corrected chi connectivity index (χ2v) is 3.63. The van der Waals surface area contributed by atoms with E-state index in [2.05, 4.69) is 17.4 Å². The lowest BCUT2D eigenvalue weighted by molar-refractivity contribution is 0.122. The topological polar surface area (TPSA) is 30.5 Å². The van der Waals surface area contributed by atoms with E-state index in [0.717, 1.165) is 32.7 Å². The average molecular weight is 223 g/mol. The molecule has 0 radical (unpaired) electrons. The Morgan fingerprint density at radius 2 is 1.88 bits per heavy atom. The number of ether oxygens (including phenoxy) is 2. The standard InChI is InChI=1S/C13H21NO2/c1-15-10-5-8-14-9-11-16-12-13-6-3-2-4-7-13/h2-4,6-7,14H,5,8-12H2,1H3. The number of rotatable bonds is 9. The van der Waals surface area contributed by atoms with Crippen LogP contribution in [0.2, 0.25) is 0 Å². The molecule has 0 fully saturated rings. The summed E-state index contributed by atoms with van der Waals surface area (Å²) in [5.41, 5.74) is 1.22. The number of methoxy groups -OCH3 is 1. The molecule has 3 nitrogen and oxygen atoms in total. The first-order valence-electron chi connectivity index (χ1n) is 5.75. The minimum Gasteiger partial charge on any atom is -0.385 e. The largest absolute Gasteiger partial charge is 0.385 e. The molecule has 90 valence electrons. The van der Waals surface area contributed by atoms with Crippen molar-refractivity contribution in [1.82, 2.24) is 5.32 Å². The van der Waals surface area contributed by atoms with E-state index in [4.69, 9.17) is 9.47 Å². The predicted octanol–water partition coefficient (Wildman–Crippen LogP) is 1.83. The first-order valence-corrected chi connectivity index (χ1v) is 5.75. The zero-order chi connectivity index (χ0) is 11.5. The lowest BCUT2D eigenvalue weighted by Crippen LogP contribution is -2.21. The molecular formula is C13H21NO2. The van der Waals surface area contributed by atoms with Gasteiger partial charge in [0.05, 0.1) is 13.2 Å². The Morgan fingerprint density at radius 3 is 2.62 bits per heavy atom. The van der Waals surface area contributed by atoms with Crippen molar-refractivity contribution in [2.45, 2.75) is 13.0 Å². The van der Waals surface area contributed by atoms with E-state index >= 15 is 0 Å². The van der Waals surface area contributed by atoms with Crippen LogP contribution in [0, 0.1) is 0 Å². The molecule has 0 spiro atoms. The zero-order valence-corrected chi connectivity index (χ0v) is 9.95. The molecule has 0 unspecified atom stereocenters. The highest BCUT2D eigenvalue weighted by molar-refractivity contribution is 5.13. The molecule has 0 bridgehead atoms. The number of hydrogen-bond acceptors (Lipinski definition) is 3. The molecule has 0 aromatic heterocycles. The van der Waals surface area contributed by atoms with Gasteiger partial charge in [-0.25, -0.2) is 0 Å². The highest BCUT2D eigenvalue weighted by Crippen LogP contribution is 1.99. The van der Waals surface area contributed by atoms with Gasteiger partial charge in [-0.05, 0) is 18.5 Å². The molecule has 0 heterocycles. The van der Waals surface area contributed by atoms with Crippen LogP contribution in [0.3, 0.4) is 0 Å². The summed E-state index contributed by atoms with van der Waals surface area (Å²) < 4.78 is 10.5. The maximum Gasteiger partial charge on any atom is 0.0717 e. The quantitative estimate of drug-likeness (QED) is 0.648. The van der Waals surface area contributed by atoms with Crippen molar-refractivity contribution in [3.05, 3.63) is 35.9 Å². The second kappa shape index (κ2) is 9.33. The van der Waals surface area contributed by atoms with E-state index in [0.29, 0.717) is 6.61 Å². The molecule has 0 aliphatic heterocycles. The summed E-state index contributed by atoms with van der Waals surface area (Å²) in [5.74, 6) is 0. The first kappa shape index (κ1) is 13.2. The van der Waals surface area contributed by atoms with Crippen LogP contribution >= 0.6 is 0 Å². The third-order valence-electron chi connectivity index (χ3n) is 2.24. The summed E-state index contributed by atoms with van der Waals surface area (Å²) in [6.07, 6.45) is 1.05. The molecular weight excluding hydrogens is 202 g/mol. The second-order valence-electron chi connectivity index (χ2n) is 3.63. The van der Waals surface area contributed by atoms with Crippen LogP contribution in [0.1, 0.15) is 12.0 Å². The van der Waals surface area contributed by atoms with Crippen molar-refractivity contribution < 1.29 is 9.47 Å². The maximum atomic E-state index is 5.53. The van der Waals surface area contributed by atoms with Crippen molar-refractivity contribution in [2.75, 3.05) is 33.4 Å². The van der Waals surface area contributed by atoms with Gasteiger partial charge in [-0.1, -0.05) is 30.3 Å². The van der Waals surface area contributed by atoms with Crippen molar-refractivity contribution in [3.8, 4) is 0 Å². The summed E-state index contributed by atoms with van der Waals surface area (Å²) in [4.78, 5) is 0. The van der Waals surface area contributed by atoms with Crippen LogP contribution in [-0.4, -0.2) is 33.4 Å². The van der Waals surface area contributed by atoms with Crippen molar-refractivity contribution in [3.63, 3.8) is 0 Å². The minimum atomic E-state index is 0.695. The van der Waals surface area contributed by atoms with Crippen LogP contribution in [0.5, 0.6) is 0 Å². The van der Waals surface area contributed by atoms with Gasteiger partial charge in [-0.2, -0.15) is 0 Å². The normalized spacial score (nSPS) is 10.6. The minimum absolute atomic E-state index is 0.695. The smallest absolute Gasteiger partial charge is 0.0717 e. The number of nitrogens with one attached hydrogen (secondary N) is 1. The van der Waals surface area contributed by atoms with Gasteiger partial charge < -0.3 is 14.8 Å². The maximum absolute atomic E-state index is 5.53. The van der Waals surface area contributed by atoms with Crippen LogP contribution in [-0.2, 0) is 16.1 Å². The summed E-state index contributed by atoms with van der Waals surface area (Å²) >= 11 is 0. The fraction of sp³-hybridized carbons (Fsp3) is 0.538. The fourth-order valence-corrected chi connectivity index (χ4v) is 1.38. The highest BCUT2D eigenvalue weighted by Gasteiger charge is 1.91. The van der Waals surface area contributed by atoms with Gasteiger partial charge in [-0.15, -0.1) is 0 Å². The Balaban J connectivity index is 1.89. The van der Waals surface area contributed by atoms with Gasteiger partial charge in [0.15, 0.2) is 0 Å². The summed E-state index contributed by atoms with van der Waals surface area (Å²) in [5, 5.41) is 3.30. The molecule has 0 saturated heterocycles. The zero-order valence-electron chi connectivity index (χ0n) is 9.95. The van der Waals surface area contributed by atoms with E-state index in [9.17, 15) is 0 Å². The van der Waals surface area contributed by atoms with Gasteiger partial charge in [0.25, 0.3) is 0 Å². The van der Waals surface area contributed by atoms with Crippen LogP contribution in [0.4, 0.5) is 0 Å². The van der Waals surface area contributed by atoms with Gasteiger partial charge in [0.2, 0.25) is 0 Å². The molecule has 0 atom stereocenters. The van der Waals surface area contributed by atoms with Gasteiger partial charge >= 0.3 is 0 Å². The molecule has 1 rings (SSSR count). The molecule has 1 aromatic carbocycles. The lowest BCUT2D eigenvalue weighted by atomic mass is 10.2. The van der Waals surface area contributed by atoms with Crippen molar-refractivity contribution in [1.29, 1.82) is 0 Å². The first-order chi connectivity index (χ1) is 7.93. The Morgan fingerprint density at radius 1 is 1.06 bits per heavy atom. The van der Waals surface area contributed by atoms with E-state index in [1.807, 2.05) is 18.2 Å². The third-order valence-corrected chi connectivity index (χ3v) is 2.24. The molecule has 1 N–H and O–H groups in total. The van der Waals surface area contributed by atoms with Gasteiger partial charge in [0, 0.05) is 20.3 Å². The van der Waals surface area contributed by atoms with Crippen molar-refractivity contribution in [2.24, 2.45) is 0 Å². The molecule has 0 aliphatic carbocycles. The summed E-state index contributed by atoms with van der Waals surface area (Å²) in [6, 6.07) is 10.2. The number of hydrogen-bond donors (Lipinski definition) is 1. The van der Waals surface area contributed by atoms with Gasteiger partial charge in [0.1, 0.15) is 0 Å². The van der Waals surface area contributed by atoms with Crippen LogP contribution in [0.15, 0.2) is 30.3 Å². The van der Waals surface area contributed by atoms with E-state index in [-0.39, 0.29) is 0 Å².